The summed E-state index contributed by atoms with van der Waals surface area (Å²) in [6.45, 7) is -0.268. The fraction of sp³-hybridized carbons (Fsp3) is 0.350. The van der Waals surface area contributed by atoms with Crippen molar-refractivity contribution in [2.45, 2.75) is 43.2 Å². The van der Waals surface area contributed by atoms with E-state index in [2.05, 4.69) is 5.32 Å². The highest BCUT2D eigenvalue weighted by molar-refractivity contribution is 7.89. The lowest BCUT2D eigenvalue weighted by Gasteiger charge is -2.23. The molecule has 0 aromatic heterocycles. The topological polar surface area (TPSA) is 66.5 Å². The van der Waals surface area contributed by atoms with E-state index in [0.717, 1.165) is 30.0 Å². The van der Waals surface area contributed by atoms with Gasteiger partial charge in [-0.3, -0.25) is 4.79 Å². The van der Waals surface area contributed by atoms with Gasteiger partial charge in [0.25, 0.3) is 0 Å². The van der Waals surface area contributed by atoms with E-state index < -0.39 is 10.0 Å². The van der Waals surface area contributed by atoms with Crippen molar-refractivity contribution in [3.05, 3.63) is 64.1 Å². The first-order chi connectivity index (χ1) is 13.4. The van der Waals surface area contributed by atoms with Crippen molar-refractivity contribution in [2.24, 2.45) is 0 Å². The minimum atomic E-state index is -3.91. The van der Waals surface area contributed by atoms with Gasteiger partial charge in [0.1, 0.15) is 0 Å². The van der Waals surface area contributed by atoms with Gasteiger partial charge in [0.05, 0.1) is 11.4 Å². The highest BCUT2D eigenvalue weighted by Gasteiger charge is 2.28. The molecule has 0 aliphatic heterocycles. The first kappa shape index (κ1) is 21.1. The lowest BCUT2D eigenvalue weighted by molar-refractivity contribution is -0.122. The molecule has 3 rings (SSSR count). The fourth-order valence-electron chi connectivity index (χ4n) is 3.30. The van der Waals surface area contributed by atoms with E-state index >= 15 is 0 Å². The second kappa shape index (κ2) is 9.27. The Balaban J connectivity index is 1.85. The van der Waals surface area contributed by atoms with E-state index in [9.17, 15) is 13.2 Å². The van der Waals surface area contributed by atoms with Gasteiger partial charge in [0.2, 0.25) is 15.9 Å². The van der Waals surface area contributed by atoms with E-state index in [1.165, 1.54) is 24.3 Å². The predicted octanol–water partition coefficient (Wildman–Crippen LogP) is 4.24. The molecule has 0 radical (unpaired) electrons. The molecule has 0 bridgehead atoms. The van der Waals surface area contributed by atoms with Crippen molar-refractivity contribution in [3.8, 4) is 0 Å². The lowest BCUT2D eigenvalue weighted by Crippen LogP contribution is -2.43. The zero-order valence-corrected chi connectivity index (χ0v) is 17.6. The van der Waals surface area contributed by atoms with Crippen molar-refractivity contribution in [1.82, 2.24) is 9.62 Å². The van der Waals surface area contributed by atoms with Crippen LogP contribution in [0, 0.1) is 0 Å². The Hall–Kier alpha value is -1.60. The average molecular weight is 441 g/mol. The molecule has 0 spiro atoms. The van der Waals surface area contributed by atoms with E-state index in [4.69, 9.17) is 23.2 Å². The minimum absolute atomic E-state index is 0.00270. The zero-order chi connectivity index (χ0) is 20.1. The lowest BCUT2D eigenvalue weighted by atomic mass is 10.2. The summed E-state index contributed by atoms with van der Waals surface area (Å²) in [6, 6.07) is 13.0. The molecule has 28 heavy (non-hydrogen) atoms. The van der Waals surface area contributed by atoms with Crippen LogP contribution in [0.25, 0.3) is 0 Å². The number of hydrogen-bond acceptors (Lipinski definition) is 3. The molecule has 150 valence electrons. The number of nitrogens with zero attached hydrogens (tertiary/aromatic N) is 1. The number of halogens is 2. The molecule has 0 unspecified atom stereocenters. The van der Waals surface area contributed by atoms with Crippen LogP contribution < -0.4 is 5.32 Å². The van der Waals surface area contributed by atoms with Crippen LogP contribution in [-0.4, -0.2) is 31.2 Å². The number of carbonyl (C=O) groups is 1. The van der Waals surface area contributed by atoms with Crippen LogP contribution in [0.2, 0.25) is 10.0 Å². The number of sulfonamides is 1. The number of rotatable bonds is 7. The Morgan fingerprint density at radius 3 is 2.32 bits per heavy atom. The molecule has 1 fully saturated rings. The second-order valence-electron chi connectivity index (χ2n) is 6.87. The van der Waals surface area contributed by atoms with Crippen molar-refractivity contribution in [3.63, 3.8) is 0 Å². The summed E-state index contributed by atoms with van der Waals surface area (Å²) in [5, 5.41) is 3.84. The summed E-state index contributed by atoms with van der Waals surface area (Å²) < 4.78 is 27.5. The van der Waals surface area contributed by atoms with E-state index in [-0.39, 0.29) is 29.9 Å². The van der Waals surface area contributed by atoms with Gasteiger partial charge in [0, 0.05) is 22.6 Å². The molecule has 1 amide bonds. The van der Waals surface area contributed by atoms with Gasteiger partial charge in [0.15, 0.2) is 0 Å². The van der Waals surface area contributed by atoms with Crippen LogP contribution in [0.5, 0.6) is 0 Å². The third-order valence-corrected chi connectivity index (χ3v) is 7.22. The maximum absolute atomic E-state index is 13.2. The maximum Gasteiger partial charge on any atom is 0.243 e. The van der Waals surface area contributed by atoms with Crippen molar-refractivity contribution >= 4 is 39.1 Å². The largest absolute Gasteiger partial charge is 0.352 e. The maximum atomic E-state index is 13.2. The summed E-state index contributed by atoms with van der Waals surface area (Å²) in [7, 11) is -3.91. The molecule has 2 aromatic carbocycles. The number of benzene rings is 2. The van der Waals surface area contributed by atoms with Crippen LogP contribution in [0.4, 0.5) is 0 Å². The normalized spacial score (nSPS) is 15.1. The molecule has 0 atom stereocenters. The van der Waals surface area contributed by atoms with Gasteiger partial charge in [-0.2, -0.15) is 4.31 Å². The number of nitrogens with one attached hydrogen (secondary N) is 1. The van der Waals surface area contributed by atoms with Gasteiger partial charge in [-0.25, -0.2) is 8.42 Å². The monoisotopic (exact) mass is 440 g/mol. The molecule has 1 aliphatic rings. The van der Waals surface area contributed by atoms with Crippen LogP contribution >= 0.6 is 23.2 Å². The highest BCUT2D eigenvalue weighted by Crippen LogP contribution is 2.24. The summed E-state index contributed by atoms with van der Waals surface area (Å²) in [6.07, 6.45) is 4.02. The standard InChI is InChI=1S/C20H22Cl2N2O3S/c21-16-9-11-18(12-10-16)28(26,27)24(13-15-5-1-4-8-19(15)22)14-20(25)23-17-6-2-3-7-17/h1,4-5,8-12,17H,2-3,6-7,13-14H2,(H,23,25). The quantitative estimate of drug-likeness (QED) is 0.699. The third-order valence-electron chi connectivity index (χ3n) is 4.80. The smallest absolute Gasteiger partial charge is 0.243 e. The summed E-state index contributed by atoms with van der Waals surface area (Å²) in [5.41, 5.74) is 0.635. The molecule has 5 nitrogen and oxygen atoms in total. The van der Waals surface area contributed by atoms with Gasteiger partial charge in [-0.15, -0.1) is 0 Å². The number of hydrogen-bond donors (Lipinski definition) is 1. The van der Waals surface area contributed by atoms with Gasteiger partial charge < -0.3 is 5.32 Å². The summed E-state index contributed by atoms with van der Waals surface area (Å²) >= 11 is 12.1. The van der Waals surface area contributed by atoms with Crippen molar-refractivity contribution in [2.75, 3.05) is 6.54 Å². The Bertz CT molecular complexity index is 927. The molecule has 1 saturated carbocycles. The number of amides is 1. The van der Waals surface area contributed by atoms with E-state index in [1.54, 1.807) is 24.3 Å². The van der Waals surface area contributed by atoms with E-state index in [1.807, 2.05) is 0 Å². The average Bonchev–Trinajstić information content (AvgIpc) is 3.16. The first-order valence-electron chi connectivity index (χ1n) is 9.15. The third kappa shape index (κ3) is 5.26. The Kier molecular flexibility index (Phi) is 6.99. The predicted molar refractivity (Wildman–Crippen MR) is 111 cm³/mol. The molecule has 1 aliphatic carbocycles. The molecular formula is C20H22Cl2N2O3S. The van der Waals surface area contributed by atoms with Crippen LogP contribution in [0.1, 0.15) is 31.2 Å². The summed E-state index contributed by atoms with van der Waals surface area (Å²) in [5.74, 6) is -0.309. The Labute approximate surface area is 175 Å². The molecule has 8 heteroatoms. The van der Waals surface area contributed by atoms with Gasteiger partial charge >= 0.3 is 0 Å². The highest BCUT2D eigenvalue weighted by atomic mass is 35.5. The van der Waals surface area contributed by atoms with Crippen molar-refractivity contribution < 1.29 is 13.2 Å². The minimum Gasteiger partial charge on any atom is -0.352 e. The summed E-state index contributed by atoms with van der Waals surface area (Å²) in [4.78, 5) is 12.6. The van der Waals surface area contributed by atoms with Crippen LogP contribution in [0.15, 0.2) is 53.4 Å². The van der Waals surface area contributed by atoms with Crippen molar-refractivity contribution in [1.29, 1.82) is 0 Å². The molecule has 2 aromatic rings. The molecule has 0 heterocycles. The molecule has 1 N–H and O–H groups in total. The van der Waals surface area contributed by atoms with E-state index in [0.29, 0.717) is 15.6 Å². The fourth-order valence-corrected chi connectivity index (χ4v) is 5.00. The van der Waals surface area contributed by atoms with Crippen LogP contribution in [0.3, 0.4) is 0 Å². The second-order valence-corrected chi connectivity index (χ2v) is 9.65. The first-order valence-corrected chi connectivity index (χ1v) is 11.3. The van der Waals surface area contributed by atoms with Gasteiger partial charge in [-0.1, -0.05) is 54.2 Å². The van der Waals surface area contributed by atoms with Crippen LogP contribution in [-0.2, 0) is 21.4 Å². The zero-order valence-electron chi connectivity index (χ0n) is 15.3. The Morgan fingerprint density at radius 2 is 1.68 bits per heavy atom. The Morgan fingerprint density at radius 1 is 1.04 bits per heavy atom. The molecular weight excluding hydrogens is 419 g/mol. The SMILES string of the molecule is O=C(CN(Cc1ccccc1Cl)S(=O)(=O)c1ccc(Cl)cc1)NC1CCCC1. The number of carbonyl (C=O) groups excluding carboxylic acids is 1. The molecule has 0 saturated heterocycles. The van der Waals surface area contributed by atoms with Gasteiger partial charge in [-0.05, 0) is 48.7 Å².